The van der Waals surface area contributed by atoms with Crippen LogP contribution in [0.1, 0.15) is 20.3 Å². The molecule has 0 bridgehead atoms. The zero-order chi connectivity index (χ0) is 15.9. The van der Waals surface area contributed by atoms with Gasteiger partial charge in [-0.2, -0.15) is 0 Å². The maximum absolute atomic E-state index is 12.0. The third-order valence-corrected chi connectivity index (χ3v) is 2.62. The van der Waals surface area contributed by atoms with Crippen LogP contribution in [0.3, 0.4) is 0 Å². The molecule has 0 heterocycles. The van der Waals surface area contributed by atoms with E-state index in [9.17, 15) is 19.2 Å². The normalized spacial score (nSPS) is 10.6. The number of carboxylic acids is 1. The van der Waals surface area contributed by atoms with E-state index in [1.54, 1.807) is 0 Å². The van der Waals surface area contributed by atoms with Crippen molar-refractivity contribution in [2.24, 2.45) is 5.41 Å². The number of rotatable bonds is 7. The number of nitrogens with zero attached hydrogens (tertiary/aromatic N) is 1. The summed E-state index contributed by atoms with van der Waals surface area (Å²) in [6, 6.07) is 0. The lowest BCUT2D eigenvalue weighted by atomic mass is 9.89. The molecule has 114 valence electrons. The van der Waals surface area contributed by atoms with Crippen molar-refractivity contribution in [1.29, 1.82) is 0 Å². The lowest BCUT2D eigenvalue weighted by Gasteiger charge is -2.25. The van der Waals surface area contributed by atoms with Crippen LogP contribution in [0.25, 0.3) is 0 Å². The lowest BCUT2D eigenvalue weighted by molar-refractivity contribution is -0.155. The highest BCUT2D eigenvalue weighted by molar-refractivity contribution is 5.89. The van der Waals surface area contributed by atoms with Crippen LogP contribution < -0.4 is 0 Å². The maximum atomic E-state index is 12.0. The molecule has 1 N–H and O–H groups in total. The minimum absolute atomic E-state index is 0.351. The number of amides is 1. The Hall–Kier alpha value is -2.12. The molecule has 0 fully saturated rings. The summed E-state index contributed by atoms with van der Waals surface area (Å²) in [4.78, 5) is 46.3. The number of methoxy groups -OCH3 is 2. The highest BCUT2D eigenvalue weighted by atomic mass is 16.5. The molecule has 0 atom stereocenters. The minimum Gasteiger partial charge on any atom is -0.481 e. The minimum atomic E-state index is -1.30. The summed E-state index contributed by atoms with van der Waals surface area (Å²) in [6.07, 6.45) is -0.351. The highest BCUT2D eigenvalue weighted by Crippen LogP contribution is 2.21. The van der Waals surface area contributed by atoms with Gasteiger partial charge in [0.05, 0.1) is 19.6 Å². The Morgan fingerprint density at radius 3 is 1.70 bits per heavy atom. The van der Waals surface area contributed by atoms with Gasteiger partial charge in [-0.1, -0.05) is 0 Å². The van der Waals surface area contributed by atoms with Crippen molar-refractivity contribution in [1.82, 2.24) is 4.90 Å². The first-order valence-corrected chi connectivity index (χ1v) is 5.79. The number of carbonyl (C=O) groups is 4. The van der Waals surface area contributed by atoms with Gasteiger partial charge in [0.2, 0.25) is 5.91 Å². The van der Waals surface area contributed by atoms with Gasteiger partial charge in [0, 0.05) is 6.42 Å². The third kappa shape index (κ3) is 5.68. The summed E-state index contributed by atoms with van der Waals surface area (Å²) in [5.74, 6) is -3.22. The van der Waals surface area contributed by atoms with Crippen LogP contribution in [-0.4, -0.2) is 61.1 Å². The fourth-order valence-electron chi connectivity index (χ4n) is 1.24. The van der Waals surface area contributed by atoms with Crippen molar-refractivity contribution in [2.75, 3.05) is 27.3 Å². The van der Waals surface area contributed by atoms with Crippen LogP contribution in [-0.2, 0) is 28.7 Å². The van der Waals surface area contributed by atoms with Gasteiger partial charge < -0.3 is 19.5 Å². The summed E-state index contributed by atoms with van der Waals surface area (Å²) < 4.78 is 8.84. The molecule has 8 heteroatoms. The summed E-state index contributed by atoms with van der Waals surface area (Å²) >= 11 is 0. The fourth-order valence-corrected chi connectivity index (χ4v) is 1.24. The van der Waals surface area contributed by atoms with E-state index in [0.717, 1.165) is 19.1 Å². The van der Waals surface area contributed by atoms with E-state index in [-0.39, 0.29) is 6.42 Å². The second-order valence-electron chi connectivity index (χ2n) is 4.77. The number of hydrogen-bond donors (Lipinski definition) is 1. The number of ether oxygens (including phenoxy) is 2. The Morgan fingerprint density at radius 1 is 1.00 bits per heavy atom. The number of esters is 2. The van der Waals surface area contributed by atoms with Crippen LogP contribution in [0, 0.1) is 5.41 Å². The number of aliphatic carboxylic acids is 1. The molecule has 0 aliphatic carbocycles. The Kier molecular flexibility index (Phi) is 6.67. The molecule has 0 aromatic carbocycles. The topological polar surface area (TPSA) is 110 Å². The number of carboxylic acid groups (broad SMARTS) is 1. The lowest BCUT2D eigenvalue weighted by Crippen LogP contribution is -2.43. The van der Waals surface area contributed by atoms with Crippen LogP contribution in [0.15, 0.2) is 0 Å². The predicted octanol–water partition coefficient (Wildman–Crippen LogP) is -0.338. The molecule has 0 aliphatic heterocycles. The summed E-state index contributed by atoms with van der Waals surface area (Å²) in [5, 5.41) is 8.97. The standard InChI is InChI=1S/C12H19NO7/c1-12(2,11(17)18)5-8(14)13(6-9(15)19-3)7-10(16)20-4/h5-7H2,1-4H3,(H,17,18). The zero-order valence-electron chi connectivity index (χ0n) is 12.0. The summed E-state index contributed by atoms with van der Waals surface area (Å²) in [6.45, 7) is 1.86. The average molecular weight is 289 g/mol. The molecule has 0 rings (SSSR count). The first-order valence-electron chi connectivity index (χ1n) is 5.79. The van der Waals surface area contributed by atoms with Gasteiger partial charge in [0.15, 0.2) is 0 Å². The van der Waals surface area contributed by atoms with Crippen molar-refractivity contribution in [3.8, 4) is 0 Å². The molecule has 0 spiro atoms. The second kappa shape index (κ2) is 7.46. The monoisotopic (exact) mass is 289 g/mol. The molecule has 0 saturated heterocycles. The summed E-state index contributed by atoms with van der Waals surface area (Å²) in [7, 11) is 2.29. The molecular weight excluding hydrogens is 270 g/mol. The van der Waals surface area contributed by atoms with E-state index in [1.165, 1.54) is 13.8 Å². The SMILES string of the molecule is COC(=O)CN(CC(=O)OC)C(=O)CC(C)(C)C(=O)O. The molecule has 0 unspecified atom stereocenters. The highest BCUT2D eigenvalue weighted by Gasteiger charge is 2.33. The summed E-state index contributed by atoms with van der Waals surface area (Å²) in [5.41, 5.74) is -1.30. The van der Waals surface area contributed by atoms with E-state index in [2.05, 4.69) is 9.47 Å². The van der Waals surface area contributed by atoms with Crippen LogP contribution in [0.4, 0.5) is 0 Å². The molecule has 8 nitrogen and oxygen atoms in total. The van der Waals surface area contributed by atoms with E-state index in [0.29, 0.717) is 0 Å². The molecule has 20 heavy (non-hydrogen) atoms. The Morgan fingerprint density at radius 2 is 1.40 bits per heavy atom. The Balaban J connectivity index is 4.92. The number of carbonyl (C=O) groups excluding carboxylic acids is 3. The Bertz CT molecular complexity index is 385. The van der Waals surface area contributed by atoms with Gasteiger partial charge in [-0.05, 0) is 13.8 Å². The maximum Gasteiger partial charge on any atom is 0.325 e. The Labute approximate surface area is 116 Å². The van der Waals surface area contributed by atoms with Gasteiger partial charge in [0.25, 0.3) is 0 Å². The first-order chi connectivity index (χ1) is 9.13. The van der Waals surface area contributed by atoms with Crippen LogP contribution >= 0.6 is 0 Å². The zero-order valence-corrected chi connectivity index (χ0v) is 12.0. The second-order valence-corrected chi connectivity index (χ2v) is 4.77. The van der Waals surface area contributed by atoms with E-state index in [4.69, 9.17) is 5.11 Å². The van der Waals surface area contributed by atoms with Crippen LogP contribution in [0.5, 0.6) is 0 Å². The largest absolute Gasteiger partial charge is 0.481 e. The molecule has 0 aliphatic rings. The van der Waals surface area contributed by atoms with Gasteiger partial charge in [-0.25, -0.2) is 0 Å². The quantitative estimate of drug-likeness (QED) is 0.638. The first kappa shape index (κ1) is 17.9. The molecule has 1 amide bonds. The molecule has 0 aromatic rings. The average Bonchev–Trinajstić information content (AvgIpc) is 2.36. The van der Waals surface area contributed by atoms with Crippen molar-refractivity contribution in [3.63, 3.8) is 0 Å². The molecule has 0 saturated carbocycles. The molecule has 0 radical (unpaired) electrons. The van der Waals surface area contributed by atoms with E-state index >= 15 is 0 Å². The van der Waals surface area contributed by atoms with Crippen molar-refractivity contribution in [2.45, 2.75) is 20.3 Å². The number of hydrogen-bond acceptors (Lipinski definition) is 6. The van der Waals surface area contributed by atoms with Gasteiger partial charge in [-0.15, -0.1) is 0 Å². The smallest absolute Gasteiger partial charge is 0.325 e. The third-order valence-electron chi connectivity index (χ3n) is 2.62. The van der Waals surface area contributed by atoms with Gasteiger partial charge in [0.1, 0.15) is 13.1 Å². The van der Waals surface area contributed by atoms with Gasteiger partial charge >= 0.3 is 17.9 Å². The van der Waals surface area contributed by atoms with Crippen molar-refractivity contribution < 1.29 is 33.8 Å². The van der Waals surface area contributed by atoms with Gasteiger partial charge in [-0.3, -0.25) is 19.2 Å². The molecular formula is C12H19NO7. The van der Waals surface area contributed by atoms with Crippen LogP contribution in [0.2, 0.25) is 0 Å². The van der Waals surface area contributed by atoms with E-state index in [1.807, 2.05) is 0 Å². The predicted molar refractivity (Wildman–Crippen MR) is 66.6 cm³/mol. The van der Waals surface area contributed by atoms with Crippen molar-refractivity contribution >= 4 is 23.8 Å². The van der Waals surface area contributed by atoms with E-state index < -0.39 is 42.3 Å². The molecule has 0 aromatic heterocycles. The van der Waals surface area contributed by atoms with Crippen molar-refractivity contribution in [3.05, 3.63) is 0 Å². The fraction of sp³-hybridized carbons (Fsp3) is 0.667.